The first kappa shape index (κ1) is 15.8. The lowest BCUT2D eigenvalue weighted by Gasteiger charge is -2.21. The van der Waals surface area contributed by atoms with Gasteiger partial charge in [-0.25, -0.2) is 9.97 Å². The second kappa shape index (κ2) is 6.02. The number of hydrogen-bond donors (Lipinski definition) is 1. The highest BCUT2D eigenvalue weighted by Gasteiger charge is 2.21. The lowest BCUT2D eigenvalue weighted by molar-refractivity contribution is 0.546. The molecular weight excluding hydrogens is 282 g/mol. The Morgan fingerprint density at radius 2 is 1.90 bits per heavy atom. The quantitative estimate of drug-likeness (QED) is 0.882. The monoisotopic (exact) mass is 303 g/mol. The summed E-state index contributed by atoms with van der Waals surface area (Å²) >= 11 is 6.12. The standard InChI is InChI=1S/C17H22ClN3/c1-6-19-15-11(2)14(12-8-7-9-13(18)10-12)20-16(21-15)17(3,4)5/h7-10H,6H2,1-5H3,(H,19,20,21). The molecule has 0 aliphatic rings. The summed E-state index contributed by atoms with van der Waals surface area (Å²) in [6, 6.07) is 7.79. The first-order valence-electron chi connectivity index (χ1n) is 7.22. The molecule has 0 aliphatic carbocycles. The van der Waals surface area contributed by atoms with E-state index in [0.717, 1.165) is 35.0 Å². The zero-order valence-electron chi connectivity index (χ0n) is 13.3. The van der Waals surface area contributed by atoms with Gasteiger partial charge in [0, 0.05) is 28.1 Å². The van der Waals surface area contributed by atoms with Crippen molar-refractivity contribution in [1.29, 1.82) is 0 Å². The van der Waals surface area contributed by atoms with Crippen molar-refractivity contribution in [1.82, 2.24) is 9.97 Å². The van der Waals surface area contributed by atoms with Crippen LogP contribution < -0.4 is 5.32 Å². The molecule has 0 bridgehead atoms. The molecule has 0 atom stereocenters. The highest BCUT2D eigenvalue weighted by molar-refractivity contribution is 6.30. The van der Waals surface area contributed by atoms with E-state index in [1.807, 2.05) is 31.2 Å². The largest absolute Gasteiger partial charge is 0.370 e. The molecule has 3 nitrogen and oxygen atoms in total. The van der Waals surface area contributed by atoms with Gasteiger partial charge in [-0.2, -0.15) is 0 Å². The second-order valence-electron chi connectivity index (χ2n) is 6.16. The summed E-state index contributed by atoms with van der Waals surface area (Å²) in [5.41, 5.74) is 2.90. The molecule has 0 saturated heterocycles. The Morgan fingerprint density at radius 1 is 1.19 bits per heavy atom. The third-order valence-corrected chi connectivity index (χ3v) is 3.49. The van der Waals surface area contributed by atoms with E-state index in [-0.39, 0.29) is 5.41 Å². The van der Waals surface area contributed by atoms with Gasteiger partial charge in [0.05, 0.1) is 5.69 Å². The highest BCUT2D eigenvalue weighted by atomic mass is 35.5. The number of anilines is 1. The van der Waals surface area contributed by atoms with Crippen molar-refractivity contribution < 1.29 is 0 Å². The molecule has 1 aromatic heterocycles. The van der Waals surface area contributed by atoms with Crippen molar-refractivity contribution in [3.05, 3.63) is 40.7 Å². The molecule has 2 rings (SSSR count). The maximum atomic E-state index is 6.12. The number of benzene rings is 1. The Bertz CT molecular complexity index is 645. The van der Waals surface area contributed by atoms with Gasteiger partial charge in [0.25, 0.3) is 0 Å². The van der Waals surface area contributed by atoms with E-state index in [2.05, 4.69) is 38.0 Å². The molecule has 1 aromatic carbocycles. The predicted molar refractivity (Wildman–Crippen MR) is 90.1 cm³/mol. The SMILES string of the molecule is CCNc1nc(C(C)(C)C)nc(-c2cccc(Cl)c2)c1C. The number of hydrogen-bond acceptors (Lipinski definition) is 3. The molecule has 2 aromatic rings. The Kier molecular flexibility index (Phi) is 4.52. The molecule has 0 amide bonds. The van der Waals surface area contributed by atoms with Crippen LogP contribution in [0.1, 0.15) is 39.1 Å². The molecule has 0 saturated carbocycles. The minimum Gasteiger partial charge on any atom is -0.370 e. The van der Waals surface area contributed by atoms with E-state index in [1.165, 1.54) is 0 Å². The third kappa shape index (κ3) is 3.53. The lowest BCUT2D eigenvalue weighted by atomic mass is 9.95. The first-order valence-corrected chi connectivity index (χ1v) is 7.59. The van der Waals surface area contributed by atoms with Crippen LogP contribution in [0.4, 0.5) is 5.82 Å². The van der Waals surface area contributed by atoms with E-state index in [1.54, 1.807) is 0 Å². The number of aromatic nitrogens is 2. The minimum atomic E-state index is -0.106. The molecule has 1 N–H and O–H groups in total. The van der Waals surface area contributed by atoms with Gasteiger partial charge in [-0.05, 0) is 26.0 Å². The van der Waals surface area contributed by atoms with Crippen molar-refractivity contribution >= 4 is 17.4 Å². The van der Waals surface area contributed by atoms with Crippen molar-refractivity contribution in [2.75, 3.05) is 11.9 Å². The molecular formula is C17H22ClN3. The molecule has 0 unspecified atom stereocenters. The molecule has 1 heterocycles. The molecule has 0 spiro atoms. The van der Waals surface area contributed by atoms with Crippen molar-refractivity contribution in [3.8, 4) is 11.3 Å². The average Bonchev–Trinajstić information content (AvgIpc) is 2.40. The fourth-order valence-electron chi connectivity index (χ4n) is 2.11. The molecule has 0 radical (unpaired) electrons. The number of nitrogens with zero attached hydrogens (tertiary/aromatic N) is 2. The first-order chi connectivity index (χ1) is 9.82. The Labute approximate surface area is 131 Å². The summed E-state index contributed by atoms with van der Waals surface area (Å²) in [5, 5.41) is 4.04. The molecule has 0 fully saturated rings. The van der Waals surface area contributed by atoms with Crippen LogP contribution in [0.25, 0.3) is 11.3 Å². The maximum absolute atomic E-state index is 6.12. The van der Waals surface area contributed by atoms with Crippen LogP contribution in [0.15, 0.2) is 24.3 Å². The van der Waals surface area contributed by atoms with E-state index in [4.69, 9.17) is 16.6 Å². The van der Waals surface area contributed by atoms with Gasteiger partial charge in [-0.1, -0.05) is 44.5 Å². The van der Waals surface area contributed by atoms with Crippen molar-refractivity contribution in [2.24, 2.45) is 0 Å². The average molecular weight is 304 g/mol. The molecule has 112 valence electrons. The van der Waals surface area contributed by atoms with E-state index in [9.17, 15) is 0 Å². The third-order valence-electron chi connectivity index (χ3n) is 3.26. The minimum absolute atomic E-state index is 0.106. The Hall–Kier alpha value is -1.61. The summed E-state index contributed by atoms with van der Waals surface area (Å²) in [5.74, 6) is 1.73. The maximum Gasteiger partial charge on any atom is 0.136 e. The summed E-state index contributed by atoms with van der Waals surface area (Å²) in [4.78, 5) is 9.47. The van der Waals surface area contributed by atoms with Gasteiger partial charge >= 0.3 is 0 Å². The van der Waals surface area contributed by atoms with E-state index in [0.29, 0.717) is 5.02 Å². The molecule has 0 aliphatic heterocycles. The van der Waals surface area contributed by atoms with Crippen LogP contribution >= 0.6 is 11.6 Å². The molecule has 4 heteroatoms. The van der Waals surface area contributed by atoms with Crippen LogP contribution in [0.2, 0.25) is 5.02 Å². The number of halogens is 1. The molecule has 21 heavy (non-hydrogen) atoms. The fourth-order valence-corrected chi connectivity index (χ4v) is 2.30. The lowest BCUT2D eigenvalue weighted by Crippen LogP contribution is -2.19. The summed E-state index contributed by atoms with van der Waals surface area (Å²) in [6.45, 7) is 11.3. The normalized spacial score (nSPS) is 11.5. The van der Waals surface area contributed by atoms with Crippen LogP contribution in [-0.4, -0.2) is 16.5 Å². The van der Waals surface area contributed by atoms with E-state index < -0.39 is 0 Å². The second-order valence-corrected chi connectivity index (χ2v) is 6.60. The van der Waals surface area contributed by atoms with Gasteiger partial charge < -0.3 is 5.32 Å². The van der Waals surface area contributed by atoms with Gasteiger partial charge in [0.15, 0.2) is 0 Å². The summed E-state index contributed by atoms with van der Waals surface area (Å²) < 4.78 is 0. The highest BCUT2D eigenvalue weighted by Crippen LogP contribution is 2.30. The van der Waals surface area contributed by atoms with Gasteiger partial charge in [0.1, 0.15) is 11.6 Å². The fraction of sp³-hybridized carbons (Fsp3) is 0.412. The van der Waals surface area contributed by atoms with Gasteiger partial charge in [-0.3, -0.25) is 0 Å². The van der Waals surface area contributed by atoms with Crippen LogP contribution in [-0.2, 0) is 5.41 Å². The van der Waals surface area contributed by atoms with Crippen LogP contribution in [0.3, 0.4) is 0 Å². The van der Waals surface area contributed by atoms with E-state index >= 15 is 0 Å². The van der Waals surface area contributed by atoms with Crippen molar-refractivity contribution in [3.63, 3.8) is 0 Å². The zero-order chi connectivity index (χ0) is 15.6. The summed E-state index contributed by atoms with van der Waals surface area (Å²) in [7, 11) is 0. The van der Waals surface area contributed by atoms with Gasteiger partial charge in [-0.15, -0.1) is 0 Å². The van der Waals surface area contributed by atoms with Crippen LogP contribution in [0, 0.1) is 6.92 Å². The Balaban J connectivity index is 2.66. The number of nitrogens with one attached hydrogen (secondary N) is 1. The zero-order valence-corrected chi connectivity index (χ0v) is 14.0. The summed E-state index contributed by atoms with van der Waals surface area (Å²) in [6.07, 6.45) is 0. The topological polar surface area (TPSA) is 37.8 Å². The van der Waals surface area contributed by atoms with Crippen molar-refractivity contribution in [2.45, 2.75) is 40.0 Å². The number of rotatable bonds is 3. The van der Waals surface area contributed by atoms with Crippen LogP contribution in [0.5, 0.6) is 0 Å². The Morgan fingerprint density at radius 3 is 2.48 bits per heavy atom. The van der Waals surface area contributed by atoms with Gasteiger partial charge in [0.2, 0.25) is 0 Å². The predicted octanol–water partition coefficient (Wildman–Crippen LogP) is 4.83. The smallest absolute Gasteiger partial charge is 0.136 e.